The Balaban J connectivity index is 1.04. The molecule has 0 bridgehead atoms. The second kappa shape index (κ2) is 19.2. The van der Waals surface area contributed by atoms with E-state index in [0.717, 1.165) is 11.1 Å². The van der Waals surface area contributed by atoms with Gasteiger partial charge in [-0.3, -0.25) is 28.8 Å². The molecule has 2 heterocycles. The molecule has 4 aromatic carbocycles. The molecule has 4 atom stereocenters. The summed E-state index contributed by atoms with van der Waals surface area (Å²) in [6, 6.07) is 31.0. The van der Waals surface area contributed by atoms with Gasteiger partial charge in [-0.05, 0) is 85.3 Å². The molecular formula is C46H44N6O6. The number of amides is 6. The summed E-state index contributed by atoms with van der Waals surface area (Å²) in [6.45, 7) is 3.49. The first-order chi connectivity index (χ1) is 28.1. The number of hydrogen-bond acceptors (Lipinski definition) is 6. The lowest BCUT2D eigenvalue weighted by molar-refractivity contribution is -0.136. The van der Waals surface area contributed by atoms with Crippen LogP contribution in [0.15, 0.2) is 119 Å². The van der Waals surface area contributed by atoms with Gasteiger partial charge in [0, 0.05) is 61.9 Å². The second-order valence-electron chi connectivity index (χ2n) is 14.1. The van der Waals surface area contributed by atoms with Gasteiger partial charge in [0.05, 0.1) is 11.8 Å². The number of benzene rings is 4. The predicted octanol–water partition coefficient (Wildman–Crippen LogP) is 5.75. The van der Waals surface area contributed by atoms with Gasteiger partial charge < -0.3 is 20.4 Å². The number of rotatable bonds is 10. The molecule has 2 unspecified atom stereocenters. The van der Waals surface area contributed by atoms with Gasteiger partial charge in [0.15, 0.2) is 0 Å². The van der Waals surface area contributed by atoms with E-state index in [1.54, 1.807) is 82.6 Å². The Morgan fingerprint density at radius 1 is 0.569 bits per heavy atom. The summed E-state index contributed by atoms with van der Waals surface area (Å²) in [4.78, 5) is 88.3. The molecular weight excluding hydrogens is 733 g/mol. The van der Waals surface area contributed by atoms with Crippen molar-refractivity contribution in [3.63, 3.8) is 0 Å². The summed E-state index contributed by atoms with van der Waals surface area (Å²) >= 11 is 0. The minimum Gasteiger partial charge on any atom is -0.330 e. The summed E-state index contributed by atoms with van der Waals surface area (Å²) < 4.78 is 0. The molecule has 0 aromatic heterocycles. The molecule has 4 aromatic rings. The van der Waals surface area contributed by atoms with Crippen molar-refractivity contribution in [2.75, 3.05) is 23.7 Å². The highest BCUT2D eigenvalue weighted by Crippen LogP contribution is 2.27. The molecule has 0 saturated carbocycles. The number of nitrogens with zero attached hydrogens (tertiary/aromatic N) is 4. The van der Waals surface area contributed by atoms with Crippen LogP contribution in [0.5, 0.6) is 0 Å². The third-order valence-electron chi connectivity index (χ3n) is 9.99. The molecule has 58 heavy (non-hydrogen) atoms. The zero-order chi connectivity index (χ0) is 41.0. The van der Waals surface area contributed by atoms with Crippen molar-refractivity contribution in [2.45, 2.75) is 63.5 Å². The Morgan fingerprint density at radius 2 is 0.931 bits per heavy atom. The van der Waals surface area contributed by atoms with E-state index < -0.39 is 35.7 Å². The number of aliphatic imine (C=N–C) groups is 2. The van der Waals surface area contributed by atoms with E-state index in [0.29, 0.717) is 61.3 Å². The van der Waals surface area contributed by atoms with Crippen LogP contribution in [0.3, 0.4) is 0 Å². The molecule has 6 amide bonds. The molecule has 294 valence electrons. The van der Waals surface area contributed by atoms with Crippen molar-refractivity contribution < 1.29 is 28.8 Å². The van der Waals surface area contributed by atoms with Gasteiger partial charge in [-0.1, -0.05) is 72.5 Å². The van der Waals surface area contributed by atoms with E-state index in [1.807, 2.05) is 36.4 Å². The molecule has 0 aliphatic carbocycles. The lowest BCUT2D eigenvalue weighted by atomic mass is 9.98. The van der Waals surface area contributed by atoms with Crippen molar-refractivity contribution in [3.8, 4) is 11.8 Å². The van der Waals surface area contributed by atoms with Crippen LogP contribution < -0.4 is 10.6 Å². The average Bonchev–Trinajstić information content (AvgIpc) is 3.93. The Labute approximate surface area is 337 Å². The van der Waals surface area contributed by atoms with Crippen molar-refractivity contribution in [2.24, 2.45) is 9.98 Å². The average molecular weight is 777 g/mol. The van der Waals surface area contributed by atoms with E-state index >= 15 is 0 Å². The van der Waals surface area contributed by atoms with Gasteiger partial charge in [-0.2, -0.15) is 0 Å². The normalized spacial score (nSPS) is 17.3. The second-order valence-corrected chi connectivity index (χ2v) is 14.1. The van der Waals surface area contributed by atoms with E-state index in [1.165, 1.54) is 26.3 Å². The molecule has 2 fully saturated rings. The number of hydrogen-bond donors (Lipinski definition) is 2. The first kappa shape index (κ1) is 40.7. The van der Waals surface area contributed by atoms with Gasteiger partial charge in [-0.25, -0.2) is 9.98 Å². The van der Waals surface area contributed by atoms with Crippen LogP contribution in [0.1, 0.15) is 73.6 Å². The van der Waals surface area contributed by atoms with Crippen molar-refractivity contribution in [1.82, 2.24) is 9.80 Å². The minimum atomic E-state index is -0.785. The fourth-order valence-electron chi connectivity index (χ4n) is 7.10. The zero-order valence-corrected chi connectivity index (χ0v) is 32.3. The van der Waals surface area contributed by atoms with E-state index in [4.69, 9.17) is 0 Å². The van der Waals surface area contributed by atoms with Crippen molar-refractivity contribution in [1.29, 1.82) is 0 Å². The molecule has 2 saturated heterocycles. The van der Waals surface area contributed by atoms with Gasteiger partial charge in [-0.15, -0.1) is 0 Å². The van der Waals surface area contributed by atoms with E-state index in [-0.39, 0.29) is 23.6 Å². The minimum absolute atomic E-state index is 0.284. The van der Waals surface area contributed by atoms with Crippen LogP contribution >= 0.6 is 0 Å². The Hall–Kier alpha value is -7.00. The fourth-order valence-corrected chi connectivity index (χ4v) is 7.10. The maximum Gasteiger partial charge on any atom is 0.247 e. The largest absolute Gasteiger partial charge is 0.330 e. The van der Waals surface area contributed by atoms with Crippen molar-refractivity contribution >= 4 is 59.2 Å². The van der Waals surface area contributed by atoms with Gasteiger partial charge >= 0.3 is 0 Å². The number of carbonyl (C=O) groups excluding carboxylic acids is 6. The standard InChI is InChI=1S/C46H44N6O6/c1-31(53)47-29-39(35-11-5-3-6-12-35)45(57)51-27-9-15-41(51)43(55)49-37-23-19-33(20-24-37)17-18-34-21-25-38(26-22-34)50-44(56)42-16-10-28-52(42)46(58)40(30-48-32(2)54)36-13-7-4-8-14-36/h3-8,11-14,19-26,29-30,39-42H,9-10,15-16,27-28H2,1-2H3,(H,49,55)(H,50,56)/t39?,40?,41-,42-/m0/s1. The van der Waals surface area contributed by atoms with Crippen LogP contribution in [0.4, 0.5) is 11.4 Å². The van der Waals surface area contributed by atoms with Gasteiger partial charge in [0.2, 0.25) is 35.4 Å². The lowest BCUT2D eigenvalue weighted by Crippen LogP contribution is -2.45. The summed E-state index contributed by atoms with van der Waals surface area (Å²) in [6.07, 6.45) is 5.09. The highest BCUT2D eigenvalue weighted by atomic mass is 16.2. The summed E-state index contributed by atoms with van der Waals surface area (Å²) in [5, 5.41) is 5.86. The number of carbonyl (C=O) groups is 6. The number of anilines is 2. The summed E-state index contributed by atoms with van der Waals surface area (Å²) in [7, 11) is 0. The SMILES string of the molecule is CC(=O)N=CC(C(=O)N1CCC[C@H]1C(=O)Nc1ccc(C#Cc2ccc(NC(=O)[C@@H]3CCCN3C(=O)C(C=NC(C)=O)c3ccccc3)cc2)cc1)c1ccccc1. The Bertz CT molecular complexity index is 2100. The first-order valence-electron chi connectivity index (χ1n) is 19.2. The summed E-state index contributed by atoms with van der Waals surface area (Å²) in [5.74, 6) is 2.68. The first-order valence-corrected chi connectivity index (χ1v) is 19.2. The van der Waals surface area contributed by atoms with Gasteiger partial charge in [0.25, 0.3) is 0 Å². The summed E-state index contributed by atoms with van der Waals surface area (Å²) in [5.41, 5.74) is 3.95. The molecule has 12 nitrogen and oxygen atoms in total. The van der Waals surface area contributed by atoms with Crippen LogP contribution in [0.2, 0.25) is 0 Å². The highest BCUT2D eigenvalue weighted by molar-refractivity contribution is 6.06. The third-order valence-corrected chi connectivity index (χ3v) is 9.99. The fraction of sp³-hybridized carbons (Fsp3) is 0.261. The molecule has 2 aliphatic rings. The highest BCUT2D eigenvalue weighted by Gasteiger charge is 2.38. The molecule has 6 rings (SSSR count). The van der Waals surface area contributed by atoms with E-state index in [2.05, 4.69) is 32.5 Å². The molecule has 2 N–H and O–H groups in total. The molecule has 0 radical (unpaired) electrons. The van der Waals surface area contributed by atoms with Crippen LogP contribution in [0.25, 0.3) is 0 Å². The maximum absolute atomic E-state index is 13.7. The molecule has 2 aliphatic heterocycles. The number of nitrogens with one attached hydrogen (secondary N) is 2. The Kier molecular flexibility index (Phi) is 13.5. The maximum atomic E-state index is 13.7. The van der Waals surface area contributed by atoms with Crippen LogP contribution in [0, 0.1) is 11.8 Å². The monoisotopic (exact) mass is 776 g/mol. The van der Waals surface area contributed by atoms with Crippen molar-refractivity contribution in [3.05, 3.63) is 131 Å². The quantitative estimate of drug-likeness (QED) is 0.154. The smallest absolute Gasteiger partial charge is 0.247 e. The van der Waals surface area contributed by atoms with Crippen LogP contribution in [-0.4, -0.2) is 82.8 Å². The lowest BCUT2D eigenvalue weighted by Gasteiger charge is -2.27. The molecule has 0 spiro atoms. The third kappa shape index (κ3) is 10.4. The predicted molar refractivity (Wildman–Crippen MR) is 222 cm³/mol. The number of likely N-dealkylation sites (tertiary alicyclic amines) is 2. The molecule has 12 heteroatoms. The van der Waals surface area contributed by atoms with Crippen LogP contribution in [-0.2, 0) is 28.8 Å². The topological polar surface area (TPSA) is 158 Å². The van der Waals surface area contributed by atoms with E-state index in [9.17, 15) is 28.8 Å². The Morgan fingerprint density at radius 3 is 1.28 bits per heavy atom. The van der Waals surface area contributed by atoms with Gasteiger partial charge in [0.1, 0.15) is 12.1 Å². The zero-order valence-electron chi connectivity index (χ0n) is 32.3.